The molecule has 0 radical (unpaired) electrons. The SMILES string of the molecule is O=C(NC1CCc2c(ccc(=O)n2CC2CC2)C1)c1ccnnc1. The molecule has 0 aliphatic heterocycles. The van der Waals surface area contributed by atoms with Gasteiger partial charge in [0.25, 0.3) is 11.5 Å². The van der Waals surface area contributed by atoms with E-state index >= 15 is 0 Å². The van der Waals surface area contributed by atoms with Crippen LogP contribution in [-0.2, 0) is 19.4 Å². The summed E-state index contributed by atoms with van der Waals surface area (Å²) in [5.41, 5.74) is 2.96. The first-order valence-electron chi connectivity index (χ1n) is 8.50. The normalized spacial score (nSPS) is 19.6. The molecule has 2 aromatic heterocycles. The maximum atomic E-state index is 12.3. The minimum absolute atomic E-state index is 0.0880. The number of pyridine rings is 1. The first kappa shape index (κ1) is 15.1. The topological polar surface area (TPSA) is 76.9 Å². The second kappa shape index (κ2) is 6.19. The van der Waals surface area contributed by atoms with Crippen LogP contribution in [0.15, 0.2) is 35.4 Å². The van der Waals surface area contributed by atoms with E-state index in [0.29, 0.717) is 11.5 Å². The Hall–Kier alpha value is -2.50. The van der Waals surface area contributed by atoms with Gasteiger partial charge in [-0.05, 0) is 49.7 Å². The summed E-state index contributed by atoms with van der Waals surface area (Å²) in [6, 6.07) is 5.34. The predicted octanol–water partition coefficient (Wildman–Crippen LogP) is 1.34. The van der Waals surface area contributed by atoms with E-state index in [2.05, 4.69) is 15.5 Å². The number of nitrogens with zero attached hydrogens (tertiary/aromatic N) is 3. The van der Waals surface area contributed by atoms with Gasteiger partial charge >= 0.3 is 0 Å². The molecule has 1 amide bonds. The Kier molecular flexibility index (Phi) is 3.88. The summed E-state index contributed by atoms with van der Waals surface area (Å²) < 4.78 is 1.96. The Balaban J connectivity index is 1.50. The van der Waals surface area contributed by atoms with Crippen LogP contribution >= 0.6 is 0 Å². The van der Waals surface area contributed by atoms with Crippen LogP contribution in [0.3, 0.4) is 0 Å². The van der Waals surface area contributed by atoms with E-state index in [1.165, 1.54) is 30.8 Å². The standard InChI is InChI=1S/C18H20N4O2/c23-17-6-3-13-9-15(21-18(24)14-7-8-19-20-10-14)4-5-16(13)22(17)11-12-1-2-12/h3,6-8,10,12,15H,1-2,4-5,9,11H2,(H,21,24). The van der Waals surface area contributed by atoms with Gasteiger partial charge in [-0.1, -0.05) is 6.07 Å². The third kappa shape index (κ3) is 3.09. The highest BCUT2D eigenvalue weighted by atomic mass is 16.1. The van der Waals surface area contributed by atoms with Crippen molar-refractivity contribution in [2.75, 3.05) is 0 Å². The van der Waals surface area contributed by atoms with Gasteiger partial charge in [0.2, 0.25) is 0 Å². The maximum absolute atomic E-state index is 12.3. The summed E-state index contributed by atoms with van der Waals surface area (Å²) in [5, 5.41) is 10.5. The second-order valence-corrected chi connectivity index (χ2v) is 6.74. The van der Waals surface area contributed by atoms with Gasteiger partial charge in [-0.25, -0.2) is 0 Å². The Bertz CT molecular complexity index is 812. The Morgan fingerprint density at radius 1 is 1.21 bits per heavy atom. The average Bonchev–Trinajstić information content (AvgIpc) is 3.42. The quantitative estimate of drug-likeness (QED) is 0.920. The molecule has 6 nitrogen and oxygen atoms in total. The van der Waals surface area contributed by atoms with E-state index in [1.54, 1.807) is 12.1 Å². The van der Waals surface area contributed by atoms with Gasteiger partial charge in [0.1, 0.15) is 0 Å². The summed E-state index contributed by atoms with van der Waals surface area (Å²) >= 11 is 0. The van der Waals surface area contributed by atoms with Crippen LogP contribution in [0.4, 0.5) is 0 Å². The van der Waals surface area contributed by atoms with Gasteiger partial charge in [0.15, 0.2) is 0 Å². The molecule has 0 aromatic carbocycles. The van der Waals surface area contributed by atoms with E-state index in [0.717, 1.165) is 31.5 Å². The fourth-order valence-corrected chi connectivity index (χ4v) is 3.40. The fraction of sp³-hybridized carbons (Fsp3) is 0.444. The highest BCUT2D eigenvalue weighted by molar-refractivity contribution is 5.93. The Labute approximate surface area is 139 Å². The van der Waals surface area contributed by atoms with E-state index in [-0.39, 0.29) is 17.5 Å². The molecular formula is C18H20N4O2. The van der Waals surface area contributed by atoms with Gasteiger partial charge in [-0.15, -0.1) is 0 Å². The van der Waals surface area contributed by atoms with Crippen LogP contribution in [0.2, 0.25) is 0 Å². The Morgan fingerprint density at radius 3 is 2.83 bits per heavy atom. The van der Waals surface area contributed by atoms with E-state index in [9.17, 15) is 9.59 Å². The van der Waals surface area contributed by atoms with Crippen molar-refractivity contribution in [2.45, 2.75) is 44.7 Å². The molecule has 124 valence electrons. The van der Waals surface area contributed by atoms with Gasteiger partial charge in [0, 0.05) is 24.3 Å². The number of hydrogen-bond donors (Lipinski definition) is 1. The number of hydrogen-bond acceptors (Lipinski definition) is 4. The van der Waals surface area contributed by atoms with Gasteiger partial charge in [0.05, 0.1) is 18.0 Å². The lowest BCUT2D eigenvalue weighted by Gasteiger charge is -2.27. The first-order chi connectivity index (χ1) is 11.7. The number of fused-ring (bicyclic) bond motifs is 1. The predicted molar refractivity (Wildman–Crippen MR) is 88.7 cm³/mol. The van der Waals surface area contributed by atoms with Crippen molar-refractivity contribution in [3.63, 3.8) is 0 Å². The van der Waals surface area contributed by atoms with Crippen molar-refractivity contribution >= 4 is 5.91 Å². The molecule has 0 saturated heterocycles. The molecule has 1 unspecified atom stereocenters. The summed E-state index contributed by atoms with van der Waals surface area (Å²) in [6.45, 7) is 0.849. The molecule has 6 heteroatoms. The molecule has 2 heterocycles. The molecule has 2 aliphatic carbocycles. The molecule has 0 spiro atoms. The van der Waals surface area contributed by atoms with Crippen molar-refractivity contribution in [3.8, 4) is 0 Å². The van der Waals surface area contributed by atoms with Crippen LogP contribution in [0.5, 0.6) is 0 Å². The lowest BCUT2D eigenvalue weighted by molar-refractivity contribution is 0.0932. The summed E-state index contributed by atoms with van der Waals surface area (Å²) in [7, 11) is 0. The highest BCUT2D eigenvalue weighted by Gasteiger charge is 2.27. The number of carbonyl (C=O) groups is 1. The molecule has 4 rings (SSSR count). The monoisotopic (exact) mass is 324 g/mol. The average molecular weight is 324 g/mol. The van der Waals surface area contributed by atoms with Crippen molar-refractivity contribution < 1.29 is 4.79 Å². The number of carbonyl (C=O) groups excluding carboxylic acids is 1. The fourth-order valence-electron chi connectivity index (χ4n) is 3.40. The molecule has 0 bridgehead atoms. The zero-order valence-electron chi connectivity index (χ0n) is 13.4. The molecule has 1 saturated carbocycles. The minimum Gasteiger partial charge on any atom is -0.349 e. The third-order valence-corrected chi connectivity index (χ3v) is 4.90. The molecule has 1 N–H and O–H groups in total. The van der Waals surface area contributed by atoms with E-state index in [4.69, 9.17) is 0 Å². The lowest BCUT2D eigenvalue weighted by Crippen LogP contribution is -2.40. The smallest absolute Gasteiger partial charge is 0.253 e. The maximum Gasteiger partial charge on any atom is 0.253 e. The lowest BCUT2D eigenvalue weighted by atomic mass is 9.91. The minimum atomic E-state index is -0.121. The van der Waals surface area contributed by atoms with Crippen LogP contribution in [0.1, 0.15) is 40.9 Å². The third-order valence-electron chi connectivity index (χ3n) is 4.90. The number of aromatic nitrogens is 3. The van der Waals surface area contributed by atoms with Crippen molar-refractivity contribution in [3.05, 3.63) is 57.8 Å². The zero-order chi connectivity index (χ0) is 16.5. The second-order valence-electron chi connectivity index (χ2n) is 6.74. The molecule has 24 heavy (non-hydrogen) atoms. The number of nitrogens with one attached hydrogen (secondary N) is 1. The molecule has 1 fully saturated rings. The zero-order valence-corrected chi connectivity index (χ0v) is 13.4. The summed E-state index contributed by atoms with van der Waals surface area (Å²) in [4.78, 5) is 24.4. The van der Waals surface area contributed by atoms with Crippen LogP contribution < -0.4 is 10.9 Å². The van der Waals surface area contributed by atoms with Crippen LogP contribution in [-0.4, -0.2) is 26.7 Å². The number of amides is 1. The van der Waals surface area contributed by atoms with Gasteiger partial charge in [-0.3, -0.25) is 9.59 Å². The van der Waals surface area contributed by atoms with Gasteiger partial charge in [-0.2, -0.15) is 10.2 Å². The molecule has 1 atom stereocenters. The first-order valence-corrected chi connectivity index (χ1v) is 8.50. The summed E-state index contributed by atoms with van der Waals surface area (Å²) in [5.74, 6) is 0.551. The van der Waals surface area contributed by atoms with Crippen molar-refractivity contribution in [1.29, 1.82) is 0 Å². The Morgan fingerprint density at radius 2 is 2.08 bits per heavy atom. The molecule has 2 aromatic rings. The largest absolute Gasteiger partial charge is 0.349 e. The molecule has 2 aliphatic rings. The van der Waals surface area contributed by atoms with Gasteiger partial charge < -0.3 is 9.88 Å². The van der Waals surface area contributed by atoms with E-state index < -0.39 is 0 Å². The summed E-state index contributed by atoms with van der Waals surface area (Å²) in [6.07, 6.45) is 7.90. The van der Waals surface area contributed by atoms with Crippen LogP contribution in [0.25, 0.3) is 0 Å². The van der Waals surface area contributed by atoms with Crippen molar-refractivity contribution in [1.82, 2.24) is 20.1 Å². The highest BCUT2D eigenvalue weighted by Crippen LogP contribution is 2.31. The van der Waals surface area contributed by atoms with Crippen LogP contribution in [0, 0.1) is 5.92 Å². The number of rotatable bonds is 4. The van der Waals surface area contributed by atoms with E-state index in [1.807, 2.05) is 10.6 Å². The van der Waals surface area contributed by atoms with Crippen molar-refractivity contribution in [2.24, 2.45) is 5.92 Å². The molecular weight excluding hydrogens is 304 g/mol.